The van der Waals surface area contributed by atoms with Gasteiger partial charge in [0, 0.05) is 6.04 Å². The number of carbonyl (C=O) groups is 1. The van der Waals surface area contributed by atoms with Crippen LogP contribution in [0, 0.1) is 0 Å². The van der Waals surface area contributed by atoms with Crippen LogP contribution in [0.3, 0.4) is 0 Å². The molecule has 15 heavy (non-hydrogen) atoms. The van der Waals surface area contributed by atoms with E-state index in [0.717, 1.165) is 19.3 Å². The minimum Gasteiger partial charge on any atom is -0.452 e. The van der Waals surface area contributed by atoms with Gasteiger partial charge in [0.15, 0.2) is 0 Å². The van der Waals surface area contributed by atoms with Crippen LogP contribution in [0.15, 0.2) is 28.9 Å². The molecule has 0 saturated heterocycles. The summed E-state index contributed by atoms with van der Waals surface area (Å²) >= 11 is 5.71. The highest BCUT2D eigenvalue weighted by molar-refractivity contribution is 6.32. The fraction of sp³-hybridized carbons (Fsp3) is 0.364. The molecule has 1 unspecified atom stereocenters. The Morgan fingerprint density at radius 2 is 2.40 bits per heavy atom. The zero-order chi connectivity index (χ0) is 10.7. The van der Waals surface area contributed by atoms with Gasteiger partial charge in [-0.2, -0.15) is 0 Å². The zero-order valence-electron chi connectivity index (χ0n) is 8.20. The van der Waals surface area contributed by atoms with Crippen LogP contribution < -0.4 is 5.32 Å². The van der Waals surface area contributed by atoms with Crippen LogP contribution in [0.4, 0.5) is 0 Å². The molecule has 80 valence electrons. The molecule has 1 atom stereocenters. The van der Waals surface area contributed by atoms with Crippen LogP contribution in [-0.2, 0) is 0 Å². The topological polar surface area (TPSA) is 42.2 Å². The molecular weight excluding hydrogens is 214 g/mol. The van der Waals surface area contributed by atoms with Gasteiger partial charge in [-0.05, 0) is 36.9 Å². The Morgan fingerprint density at radius 1 is 1.53 bits per heavy atom. The summed E-state index contributed by atoms with van der Waals surface area (Å²) in [6.45, 7) is 0. The lowest BCUT2D eigenvalue weighted by Crippen LogP contribution is -2.35. The van der Waals surface area contributed by atoms with Crippen LogP contribution in [0.5, 0.6) is 0 Å². The highest BCUT2D eigenvalue weighted by atomic mass is 35.5. The molecule has 1 aliphatic rings. The first kappa shape index (κ1) is 10.3. The second-order valence-electron chi connectivity index (χ2n) is 3.56. The second-order valence-corrected chi connectivity index (χ2v) is 3.91. The summed E-state index contributed by atoms with van der Waals surface area (Å²) in [5, 5.41) is 3.08. The molecule has 0 spiro atoms. The monoisotopic (exact) mass is 225 g/mol. The number of rotatable bonds is 2. The van der Waals surface area contributed by atoms with Gasteiger partial charge in [-0.25, -0.2) is 0 Å². The van der Waals surface area contributed by atoms with Gasteiger partial charge in [0.05, 0.1) is 11.8 Å². The molecule has 3 nitrogen and oxygen atoms in total. The molecule has 4 heteroatoms. The number of hydrogen-bond acceptors (Lipinski definition) is 2. The molecule has 1 aromatic heterocycles. The summed E-state index contributed by atoms with van der Waals surface area (Å²) in [5.74, 6) is -0.158. The van der Waals surface area contributed by atoms with E-state index in [1.54, 1.807) is 6.07 Å². The lowest BCUT2D eigenvalue weighted by atomic mass is 10.0. The summed E-state index contributed by atoms with van der Waals surface area (Å²) < 4.78 is 4.87. The molecule has 1 heterocycles. The molecule has 1 aliphatic carbocycles. The van der Waals surface area contributed by atoms with Crippen LogP contribution in [0.25, 0.3) is 0 Å². The van der Waals surface area contributed by atoms with Gasteiger partial charge in [0.25, 0.3) is 5.91 Å². The standard InChI is InChI=1S/C11H12ClNO2/c12-10-9(6-7-15-10)11(14)13-8-4-2-1-3-5-8/h1-2,6-8H,3-5H2,(H,13,14). The second kappa shape index (κ2) is 4.53. The predicted molar refractivity (Wildman–Crippen MR) is 58.0 cm³/mol. The number of allylic oxidation sites excluding steroid dienone is 1. The Bertz CT molecular complexity index is 384. The Balaban J connectivity index is 1.98. The van der Waals surface area contributed by atoms with E-state index < -0.39 is 0 Å². The van der Waals surface area contributed by atoms with Crippen molar-refractivity contribution in [3.8, 4) is 0 Å². The lowest BCUT2D eigenvalue weighted by molar-refractivity contribution is 0.0934. The van der Waals surface area contributed by atoms with E-state index in [4.69, 9.17) is 16.0 Å². The van der Waals surface area contributed by atoms with E-state index in [0.29, 0.717) is 5.56 Å². The van der Waals surface area contributed by atoms with Crippen molar-refractivity contribution in [3.63, 3.8) is 0 Å². The maximum Gasteiger partial charge on any atom is 0.256 e. The molecule has 0 fully saturated rings. The zero-order valence-corrected chi connectivity index (χ0v) is 8.96. The molecule has 0 aliphatic heterocycles. The normalized spacial score (nSPS) is 20.2. The summed E-state index contributed by atoms with van der Waals surface area (Å²) in [5.41, 5.74) is 0.409. The van der Waals surface area contributed by atoms with Gasteiger partial charge in [0.2, 0.25) is 5.22 Å². The van der Waals surface area contributed by atoms with Crippen molar-refractivity contribution in [2.24, 2.45) is 0 Å². The molecule has 1 amide bonds. The molecule has 0 radical (unpaired) electrons. The number of amides is 1. The minimum atomic E-state index is -0.158. The lowest BCUT2D eigenvalue weighted by Gasteiger charge is -2.18. The fourth-order valence-electron chi connectivity index (χ4n) is 1.64. The van der Waals surface area contributed by atoms with Gasteiger partial charge in [-0.15, -0.1) is 0 Å². The SMILES string of the molecule is O=C(NC1CC=CCC1)c1ccoc1Cl. The largest absolute Gasteiger partial charge is 0.452 e. The Kier molecular flexibility index (Phi) is 3.11. The molecule has 0 saturated carbocycles. The third-order valence-electron chi connectivity index (χ3n) is 2.47. The van der Waals surface area contributed by atoms with Crippen molar-refractivity contribution in [1.29, 1.82) is 0 Å². The van der Waals surface area contributed by atoms with E-state index >= 15 is 0 Å². The van der Waals surface area contributed by atoms with E-state index in [1.807, 2.05) is 0 Å². The quantitative estimate of drug-likeness (QED) is 0.787. The molecule has 0 bridgehead atoms. The van der Waals surface area contributed by atoms with Crippen molar-refractivity contribution >= 4 is 17.5 Å². The van der Waals surface area contributed by atoms with Crippen LogP contribution in [0.2, 0.25) is 5.22 Å². The molecular formula is C11H12ClNO2. The van der Waals surface area contributed by atoms with Crippen LogP contribution in [-0.4, -0.2) is 11.9 Å². The third kappa shape index (κ3) is 2.42. The van der Waals surface area contributed by atoms with Crippen LogP contribution in [0.1, 0.15) is 29.6 Å². The van der Waals surface area contributed by atoms with Gasteiger partial charge in [-0.3, -0.25) is 4.79 Å². The average molecular weight is 226 g/mol. The third-order valence-corrected chi connectivity index (χ3v) is 2.76. The maximum absolute atomic E-state index is 11.7. The highest BCUT2D eigenvalue weighted by Crippen LogP contribution is 2.17. The van der Waals surface area contributed by atoms with Crippen molar-refractivity contribution in [1.82, 2.24) is 5.32 Å². The van der Waals surface area contributed by atoms with Crippen LogP contribution >= 0.6 is 11.6 Å². The van der Waals surface area contributed by atoms with E-state index in [9.17, 15) is 4.79 Å². The number of furan rings is 1. The minimum absolute atomic E-state index is 0.152. The number of carbonyl (C=O) groups excluding carboxylic acids is 1. The molecule has 0 aromatic carbocycles. The first-order valence-electron chi connectivity index (χ1n) is 4.96. The Hall–Kier alpha value is -1.22. The van der Waals surface area contributed by atoms with Gasteiger partial charge >= 0.3 is 0 Å². The number of hydrogen-bond donors (Lipinski definition) is 1. The first-order chi connectivity index (χ1) is 7.27. The summed E-state index contributed by atoms with van der Waals surface area (Å²) in [6.07, 6.45) is 8.53. The maximum atomic E-state index is 11.7. The average Bonchev–Trinajstić information content (AvgIpc) is 2.66. The number of halogens is 1. The van der Waals surface area contributed by atoms with Crippen molar-refractivity contribution < 1.29 is 9.21 Å². The van der Waals surface area contributed by atoms with E-state index in [2.05, 4.69) is 17.5 Å². The van der Waals surface area contributed by atoms with E-state index in [-0.39, 0.29) is 17.2 Å². The summed E-state index contributed by atoms with van der Waals surface area (Å²) in [7, 11) is 0. The smallest absolute Gasteiger partial charge is 0.256 e. The number of nitrogens with one attached hydrogen (secondary N) is 1. The van der Waals surface area contributed by atoms with Crippen molar-refractivity contribution in [2.45, 2.75) is 25.3 Å². The first-order valence-corrected chi connectivity index (χ1v) is 5.34. The van der Waals surface area contributed by atoms with Crippen molar-refractivity contribution in [3.05, 3.63) is 35.3 Å². The molecule has 1 N–H and O–H groups in total. The summed E-state index contributed by atoms with van der Waals surface area (Å²) in [4.78, 5) is 11.7. The van der Waals surface area contributed by atoms with Gasteiger partial charge in [-0.1, -0.05) is 12.2 Å². The summed E-state index contributed by atoms with van der Waals surface area (Å²) in [6, 6.07) is 1.80. The van der Waals surface area contributed by atoms with Gasteiger partial charge < -0.3 is 9.73 Å². The van der Waals surface area contributed by atoms with E-state index in [1.165, 1.54) is 6.26 Å². The Morgan fingerprint density at radius 3 is 3.00 bits per heavy atom. The Labute approximate surface area is 93.1 Å². The van der Waals surface area contributed by atoms with Gasteiger partial charge in [0.1, 0.15) is 0 Å². The van der Waals surface area contributed by atoms with Crippen molar-refractivity contribution in [2.75, 3.05) is 0 Å². The fourth-order valence-corrected chi connectivity index (χ4v) is 1.84. The highest BCUT2D eigenvalue weighted by Gasteiger charge is 2.17. The predicted octanol–water partition coefficient (Wildman–Crippen LogP) is 2.77. The molecule has 2 rings (SSSR count). The molecule has 1 aromatic rings.